The normalized spacial score (nSPS) is 23.2. The molecule has 51 heavy (non-hydrogen) atoms. The fraction of sp³-hybridized carbons (Fsp3) is 0.571. The number of carbonyl (C=O) groups excluding carboxylic acids is 1. The van der Waals surface area contributed by atoms with E-state index in [9.17, 15) is 22.4 Å². The molecule has 0 unspecified atom stereocenters. The van der Waals surface area contributed by atoms with E-state index in [0.717, 1.165) is 42.3 Å². The number of hydrogen-bond donors (Lipinski definition) is 1. The summed E-state index contributed by atoms with van der Waals surface area (Å²) >= 11 is 1.33. The maximum atomic E-state index is 14.6. The van der Waals surface area contributed by atoms with Gasteiger partial charge < -0.3 is 20.3 Å². The van der Waals surface area contributed by atoms with Crippen molar-refractivity contribution in [2.75, 3.05) is 51.0 Å². The van der Waals surface area contributed by atoms with E-state index < -0.39 is 28.7 Å². The molecule has 2 N–H and O–H groups in total. The Balaban J connectivity index is 1.28. The van der Waals surface area contributed by atoms with Crippen molar-refractivity contribution in [3.05, 3.63) is 51.1 Å². The summed E-state index contributed by atoms with van der Waals surface area (Å²) in [6, 6.07) is 1.27. The topological polar surface area (TPSA) is 119 Å². The maximum absolute atomic E-state index is 14.6. The molecule has 1 amide bonds. The third kappa shape index (κ3) is 6.59. The van der Waals surface area contributed by atoms with Gasteiger partial charge >= 0.3 is 12.2 Å². The van der Waals surface area contributed by atoms with Crippen LogP contribution < -0.4 is 15.4 Å². The number of fused-ring (bicyclic) bond motifs is 3. The molecule has 272 valence electrons. The van der Waals surface area contributed by atoms with E-state index >= 15 is 0 Å². The molecule has 3 aromatic heterocycles. The number of rotatable bonds is 6. The van der Waals surface area contributed by atoms with Crippen LogP contribution in [0.15, 0.2) is 6.07 Å². The SMILES string of the molecule is CC#Cc1cc(N)nc([C@@H]2Cc3nc(OC[C@@]45CCCN4C[C@H](F)C5)nc(N4CCCn5nc(C(=O)N(C)C)c(C)c5C4)c3CS2)c1C(F)(F)F. The summed E-state index contributed by atoms with van der Waals surface area (Å²) in [7, 11) is 3.38. The van der Waals surface area contributed by atoms with Crippen molar-refractivity contribution in [1.82, 2.24) is 34.5 Å². The largest absolute Gasteiger partial charge is 0.461 e. The van der Waals surface area contributed by atoms with Crippen molar-refractivity contribution in [1.29, 1.82) is 0 Å². The minimum absolute atomic E-state index is 0.0404. The maximum Gasteiger partial charge on any atom is 0.419 e. The third-order valence-corrected chi connectivity index (χ3v) is 11.6. The van der Waals surface area contributed by atoms with Gasteiger partial charge in [-0.2, -0.15) is 28.2 Å². The van der Waals surface area contributed by atoms with Gasteiger partial charge in [0.2, 0.25) is 0 Å². The Morgan fingerprint density at radius 1 is 1.20 bits per heavy atom. The molecule has 3 atom stereocenters. The van der Waals surface area contributed by atoms with E-state index in [0.29, 0.717) is 62.0 Å². The number of alkyl halides is 4. The fourth-order valence-electron chi connectivity index (χ4n) is 7.97. The van der Waals surface area contributed by atoms with Crippen LogP contribution in [0.25, 0.3) is 0 Å². The number of thioether (sulfide) groups is 1. The minimum atomic E-state index is -4.71. The van der Waals surface area contributed by atoms with Gasteiger partial charge in [0.25, 0.3) is 5.91 Å². The average molecular weight is 728 g/mol. The average Bonchev–Trinajstić information content (AvgIpc) is 3.64. The van der Waals surface area contributed by atoms with Gasteiger partial charge in [0.1, 0.15) is 24.4 Å². The molecule has 2 saturated heterocycles. The monoisotopic (exact) mass is 727 g/mol. The number of nitrogens with zero attached hydrogens (tertiary/aromatic N) is 8. The fourth-order valence-corrected chi connectivity index (χ4v) is 9.24. The number of halogens is 4. The van der Waals surface area contributed by atoms with Crippen LogP contribution in [0, 0.1) is 18.8 Å². The Kier molecular flexibility index (Phi) is 9.32. The standard InChI is InChI=1S/C35H41F4N9O2S/c1-5-8-21-13-27(40)42-30(28(21)35(37,38)39)26-14-24-23(18-51-26)31(43-33(41-24)50-19-34-9-6-11-47(34)16-22(36)15-34)46-10-7-12-48-25(17-46)20(2)29(44-48)32(49)45(3)4/h13,22,26H,6-7,9-12,14-19H2,1-4H3,(H2,40,42)/t22-,26+,34+/m1/s1. The summed E-state index contributed by atoms with van der Waals surface area (Å²) < 4.78 is 66.6. The predicted octanol–water partition coefficient (Wildman–Crippen LogP) is 4.95. The molecule has 0 bridgehead atoms. The second-order valence-corrected chi connectivity index (χ2v) is 15.2. The lowest BCUT2D eigenvalue weighted by Gasteiger charge is -2.32. The van der Waals surface area contributed by atoms with Crippen LogP contribution in [0.3, 0.4) is 0 Å². The highest BCUT2D eigenvalue weighted by molar-refractivity contribution is 7.98. The molecule has 0 aromatic carbocycles. The zero-order chi connectivity index (χ0) is 36.2. The van der Waals surface area contributed by atoms with E-state index in [-0.39, 0.29) is 42.0 Å². The Hall–Kier alpha value is -4.10. The first kappa shape index (κ1) is 35.3. The van der Waals surface area contributed by atoms with E-state index in [1.807, 2.05) is 11.6 Å². The lowest BCUT2D eigenvalue weighted by molar-refractivity contribution is -0.138. The molecule has 7 heterocycles. The number of ether oxygens (including phenoxy) is 1. The Morgan fingerprint density at radius 2 is 2.00 bits per heavy atom. The van der Waals surface area contributed by atoms with Gasteiger partial charge in [0, 0.05) is 69.0 Å². The molecule has 7 rings (SSSR count). The van der Waals surface area contributed by atoms with Gasteiger partial charge in [-0.15, -0.1) is 17.7 Å². The lowest BCUT2D eigenvalue weighted by atomic mass is 9.95. The quantitative estimate of drug-likeness (QED) is 0.276. The zero-order valence-corrected chi connectivity index (χ0v) is 29.9. The van der Waals surface area contributed by atoms with Crippen molar-refractivity contribution < 1.29 is 27.1 Å². The van der Waals surface area contributed by atoms with Crippen LogP contribution in [-0.2, 0) is 31.4 Å². The Morgan fingerprint density at radius 3 is 2.75 bits per heavy atom. The predicted molar refractivity (Wildman–Crippen MR) is 185 cm³/mol. The number of nitrogen functional groups attached to an aromatic ring is 1. The summed E-state index contributed by atoms with van der Waals surface area (Å²) in [6.07, 6.45) is -2.67. The van der Waals surface area contributed by atoms with Crippen LogP contribution in [0.2, 0.25) is 0 Å². The van der Waals surface area contributed by atoms with Gasteiger partial charge in [0.15, 0.2) is 5.69 Å². The van der Waals surface area contributed by atoms with Crippen molar-refractivity contribution in [2.45, 2.75) is 87.9 Å². The van der Waals surface area contributed by atoms with E-state index in [1.165, 1.54) is 23.6 Å². The van der Waals surface area contributed by atoms with Gasteiger partial charge in [-0.3, -0.25) is 14.4 Å². The first-order valence-electron chi connectivity index (χ1n) is 17.1. The van der Waals surface area contributed by atoms with Crippen molar-refractivity contribution in [2.24, 2.45) is 0 Å². The van der Waals surface area contributed by atoms with Crippen molar-refractivity contribution >= 4 is 29.3 Å². The van der Waals surface area contributed by atoms with Crippen LogP contribution in [0.1, 0.15) is 87.7 Å². The number of aromatic nitrogens is 5. The van der Waals surface area contributed by atoms with E-state index in [4.69, 9.17) is 20.4 Å². The smallest absolute Gasteiger partial charge is 0.419 e. The Labute approximate surface area is 298 Å². The number of pyridine rings is 1. The molecule has 16 heteroatoms. The van der Waals surface area contributed by atoms with Gasteiger partial charge in [-0.25, -0.2) is 9.37 Å². The lowest BCUT2D eigenvalue weighted by Crippen LogP contribution is -2.43. The molecule has 3 aromatic rings. The first-order chi connectivity index (χ1) is 24.3. The number of nitrogens with two attached hydrogens (primary N) is 1. The van der Waals surface area contributed by atoms with Gasteiger partial charge in [0.05, 0.1) is 40.0 Å². The van der Waals surface area contributed by atoms with Gasteiger partial charge in [-0.05, 0) is 45.7 Å². The first-order valence-corrected chi connectivity index (χ1v) is 18.2. The number of aryl methyl sites for hydroxylation is 1. The van der Waals surface area contributed by atoms with E-state index in [2.05, 4.69) is 31.7 Å². The molecular formula is C35H41F4N9O2S. The zero-order valence-electron chi connectivity index (χ0n) is 29.1. The van der Waals surface area contributed by atoms with Crippen LogP contribution in [0.5, 0.6) is 6.01 Å². The molecule has 4 aliphatic heterocycles. The minimum Gasteiger partial charge on any atom is -0.461 e. The molecule has 0 radical (unpaired) electrons. The van der Waals surface area contributed by atoms with Crippen molar-refractivity contribution in [3.63, 3.8) is 0 Å². The third-order valence-electron chi connectivity index (χ3n) is 10.4. The highest BCUT2D eigenvalue weighted by Crippen LogP contribution is 2.48. The summed E-state index contributed by atoms with van der Waals surface area (Å²) in [4.78, 5) is 32.7. The number of carbonyl (C=O) groups is 1. The van der Waals surface area contributed by atoms with E-state index in [1.54, 1.807) is 14.1 Å². The van der Waals surface area contributed by atoms with Crippen LogP contribution >= 0.6 is 11.8 Å². The molecule has 2 fully saturated rings. The highest BCUT2D eigenvalue weighted by Gasteiger charge is 2.49. The number of hydrogen-bond acceptors (Lipinski definition) is 10. The molecule has 0 spiro atoms. The highest BCUT2D eigenvalue weighted by atomic mass is 32.2. The summed E-state index contributed by atoms with van der Waals surface area (Å²) in [5.41, 5.74) is 7.75. The summed E-state index contributed by atoms with van der Waals surface area (Å²) in [5.74, 6) is 5.86. The second-order valence-electron chi connectivity index (χ2n) is 14.0. The molecule has 0 saturated carbocycles. The summed E-state index contributed by atoms with van der Waals surface area (Å²) in [5, 5.41) is 3.94. The van der Waals surface area contributed by atoms with Crippen LogP contribution in [0.4, 0.5) is 29.2 Å². The number of amides is 1. The van der Waals surface area contributed by atoms with Crippen LogP contribution in [-0.4, -0.2) is 92.5 Å². The number of anilines is 2. The summed E-state index contributed by atoms with van der Waals surface area (Å²) in [6.45, 7) is 6.38. The molecule has 0 aliphatic carbocycles. The molecular weight excluding hydrogens is 687 g/mol. The molecule has 4 aliphatic rings. The van der Waals surface area contributed by atoms with Crippen molar-refractivity contribution in [3.8, 4) is 17.9 Å². The second kappa shape index (κ2) is 13.5. The molecule has 11 nitrogen and oxygen atoms in total. The van der Waals surface area contributed by atoms with Gasteiger partial charge in [-0.1, -0.05) is 5.92 Å². The Bertz CT molecular complexity index is 1920.